The largest absolute Gasteiger partial charge is 0.458 e. The Labute approximate surface area is 223 Å². The van der Waals surface area contributed by atoms with Crippen molar-refractivity contribution in [2.24, 2.45) is 5.73 Å². The summed E-state index contributed by atoms with van der Waals surface area (Å²) in [6.07, 6.45) is 3.13. The van der Waals surface area contributed by atoms with E-state index in [1.807, 2.05) is 6.21 Å². The number of halogens is 1. The van der Waals surface area contributed by atoms with E-state index in [9.17, 15) is 19.5 Å². The van der Waals surface area contributed by atoms with E-state index in [-0.39, 0.29) is 53.9 Å². The molecular weight excluding hydrogens is 503 g/mol. The van der Waals surface area contributed by atoms with Gasteiger partial charge in [-0.3, -0.25) is 4.79 Å². The van der Waals surface area contributed by atoms with Gasteiger partial charge in [-0.05, 0) is 55.9 Å². The molecule has 10 heteroatoms. The zero-order valence-electron chi connectivity index (χ0n) is 22.3. The van der Waals surface area contributed by atoms with Gasteiger partial charge in [-0.1, -0.05) is 6.92 Å². The number of amides is 1. The maximum atomic E-state index is 15.0. The van der Waals surface area contributed by atoms with E-state index >= 15 is 4.39 Å². The molecule has 0 saturated heterocycles. The van der Waals surface area contributed by atoms with E-state index in [0.29, 0.717) is 35.3 Å². The number of aromatic nitrogens is 2. The lowest BCUT2D eigenvalue weighted by atomic mass is 9.78. The molecule has 0 bridgehead atoms. The van der Waals surface area contributed by atoms with E-state index in [1.54, 1.807) is 38.5 Å². The van der Waals surface area contributed by atoms with Gasteiger partial charge in [-0.25, -0.2) is 19.0 Å². The maximum absolute atomic E-state index is 15.0. The van der Waals surface area contributed by atoms with Crippen LogP contribution in [0.4, 0.5) is 4.39 Å². The van der Waals surface area contributed by atoms with Crippen LogP contribution in [0.1, 0.15) is 66.0 Å². The number of carbonyl (C=O) groups is 2. The number of cyclic esters (lactones) is 1. The predicted molar refractivity (Wildman–Crippen MR) is 141 cm³/mol. The summed E-state index contributed by atoms with van der Waals surface area (Å²) in [5.74, 6) is -1.58. The Morgan fingerprint density at radius 3 is 2.79 bits per heavy atom. The number of esters is 1. The minimum Gasteiger partial charge on any atom is -0.458 e. The molecule has 39 heavy (non-hydrogen) atoms. The van der Waals surface area contributed by atoms with Gasteiger partial charge in [0.2, 0.25) is 0 Å². The van der Waals surface area contributed by atoms with Gasteiger partial charge >= 0.3 is 11.9 Å². The average molecular weight is 534 g/mol. The molecule has 4 heterocycles. The zero-order valence-corrected chi connectivity index (χ0v) is 22.3. The third-order valence-corrected chi connectivity index (χ3v) is 8.56. The highest BCUT2D eigenvalue weighted by molar-refractivity contribution is 5.96. The summed E-state index contributed by atoms with van der Waals surface area (Å²) in [6, 6.07) is 2.39. The molecule has 9 nitrogen and oxygen atoms in total. The van der Waals surface area contributed by atoms with Gasteiger partial charge in [-0.2, -0.15) is 4.58 Å². The number of nitrogens with zero attached hydrogens (tertiary/aromatic N) is 3. The van der Waals surface area contributed by atoms with Crippen molar-refractivity contribution in [3.8, 4) is 11.4 Å². The lowest BCUT2D eigenvalue weighted by Gasteiger charge is -2.31. The SMILES string of the molecule is CC[C@@]1(O)C(=O)OCc2c1cc1n(c2=O)Cc2c-1nc1cc(F)c(C)c3c1c2C(C=[N+](C)C(=O)[C@H](C)N)CC3. The second-order valence-corrected chi connectivity index (χ2v) is 10.8. The number of nitrogens with two attached hydrogens (primary N) is 1. The van der Waals surface area contributed by atoms with E-state index in [1.165, 1.54) is 10.6 Å². The van der Waals surface area contributed by atoms with Crippen molar-refractivity contribution in [2.75, 3.05) is 7.05 Å². The molecule has 6 rings (SSSR count). The van der Waals surface area contributed by atoms with Gasteiger partial charge in [0.05, 0.1) is 34.9 Å². The van der Waals surface area contributed by atoms with Gasteiger partial charge in [0.1, 0.15) is 25.5 Å². The smallest absolute Gasteiger partial charge is 0.402 e. The molecule has 1 unspecified atom stereocenters. The van der Waals surface area contributed by atoms with Crippen LogP contribution in [-0.4, -0.2) is 50.4 Å². The summed E-state index contributed by atoms with van der Waals surface area (Å²) in [5, 5.41) is 12.0. The molecule has 2 aliphatic heterocycles. The first-order valence-corrected chi connectivity index (χ1v) is 13.2. The number of aryl methyl sites for hydroxylation is 1. The molecule has 1 amide bonds. The second kappa shape index (κ2) is 8.62. The minimum atomic E-state index is -1.94. The van der Waals surface area contributed by atoms with E-state index in [0.717, 1.165) is 22.1 Å². The van der Waals surface area contributed by atoms with Crippen molar-refractivity contribution in [1.82, 2.24) is 9.55 Å². The van der Waals surface area contributed by atoms with Crippen LogP contribution < -0.4 is 11.3 Å². The summed E-state index contributed by atoms with van der Waals surface area (Å²) in [5.41, 5.74) is 8.59. The number of ether oxygens (including phenoxy) is 1. The zero-order chi connectivity index (χ0) is 28.0. The number of benzene rings is 1. The lowest BCUT2D eigenvalue weighted by Crippen LogP contribution is -2.44. The Hall–Kier alpha value is -3.76. The number of fused-ring (bicyclic) bond motifs is 5. The summed E-state index contributed by atoms with van der Waals surface area (Å²) < 4.78 is 23.3. The molecule has 202 valence electrons. The molecule has 3 aromatic rings. The first-order chi connectivity index (χ1) is 18.5. The van der Waals surface area contributed by atoms with Gasteiger partial charge < -0.3 is 20.1 Å². The molecule has 3 aliphatic rings. The molecule has 1 aliphatic carbocycles. The van der Waals surface area contributed by atoms with E-state index in [2.05, 4.69) is 0 Å². The Kier molecular flexibility index (Phi) is 5.64. The van der Waals surface area contributed by atoms with Crippen LogP contribution in [0, 0.1) is 12.7 Å². The van der Waals surface area contributed by atoms with Crippen molar-refractivity contribution in [3.63, 3.8) is 0 Å². The number of aliphatic hydroxyl groups is 1. The maximum Gasteiger partial charge on any atom is 0.402 e. The topological polar surface area (TPSA) is 128 Å². The molecule has 2 aromatic heterocycles. The quantitative estimate of drug-likeness (QED) is 0.235. The van der Waals surface area contributed by atoms with Crippen LogP contribution in [0.3, 0.4) is 0 Å². The van der Waals surface area contributed by atoms with Crippen LogP contribution in [0.25, 0.3) is 22.3 Å². The molecule has 0 fully saturated rings. The van der Waals surface area contributed by atoms with Crippen molar-refractivity contribution in [3.05, 3.63) is 61.7 Å². The molecular formula is C29H30FN4O5+. The Balaban J connectivity index is 1.65. The number of rotatable bonds is 3. The monoisotopic (exact) mass is 533 g/mol. The Morgan fingerprint density at radius 1 is 1.36 bits per heavy atom. The molecule has 0 spiro atoms. The second-order valence-electron chi connectivity index (χ2n) is 10.8. The summed E-state index contributed by atoms with van der Waals surface area (Å²) in [7, 11) is 1.67. The van der Waals surface area contributed by atoms with Crippen LogP contribution in [0.15, 0.2) is 16.9 Å². The number of hydrogen-bond acceptors (Lipinski definition) is 7. The number of carbonyl (C=O) groups excluding carboxylic acids is 2. The van der Waals surface area contributed by atoms with Crippen molar-refractivity contribution >= 4 is 29.0 Å². The number of pyridine rings is 2. The van der Waals surface area contributed by atoms with Gasteiger partial charge in [0.15, 0.2) is 11.8 Å². The fourth-order valence-corrected chi connectivity index (χ4v) is 6.40. The highest BCUT2D eigenvalue weighted by Crippen LogP contribution is 2.46. The molecule has 3 atom stereocenters. The van der Waals surface area contributed by atoms with Crippen LogP contribution >= 0.6 is 0 Å². The summed E-state index contributed by atoms with van der Waals surface area (Å²) in [6.45, 7) is 5.04. The summed E-state index contributed by atoms with van der Waals surface area (Å²) in [4.78, 5) is 43.7. The Bertz CT molecular complexity index is 1720. The minimum absolute atomic E-state index is 0.0375. The summed E-state index contributed by atoms with van der Waals surface area (Å²) >= 11 is 0. The van der Waals surface area contributed by atoms with Crippen molar-refractivity contribution < 1.29 is 28.4 Å². The first kappa shape index (κ1) is 25.5. The fourth-order valence-electron chi connectivity index (χ4n) is 6.40. The number of hydrogen-bond donors (Lipinski definition) is 2. The Morgan fingerprint density at radius 2 is 2.10 bits per heavy atom. The van der Waals surface area contributed by atoms with E-state index in [4.69, 9.17) is 15.5 Å². The highest BCUT2D eigenvalue weighted by atomic mass is 19.1. The standard InChI is InChI=1S/C29H30FN4O5/c1-5-29(38)19-8-22-25-17(11-34(22)27(36)18(19)12-39-28(29)37)23-15(10-33(4)26(35)14(3)31)6-7-16-13(2)20(30)9-21(32-25)24(16)23/h8-10,14-15,38H,5-7,11-12,31H2,1-4H3/q+1/t14-,15?,29-/m0/s1. The predicted octanol–water partition coefficient (Wildman–Crippen LogP) is 2.14. The van der Waals surface area contributed by atoms with Crippen LogP contribution in [-0.2, 0) is 39.5 Å². The van der Waals surface area contributed by atoms with Gasteiger partial charge in [-0.15, -0.1) is 0 Å². The third-order valence-electron chi connectivity index (χ3n) is 8.56. The van der Waals surface area contributed by atoms with Crippen LogP contribution in [0.2, 0.25) is 0 Å². The lowest BCUT2D eigenvalue weighted by molar-refractivity contribution is -0.417. The van der Waals surface area contributed by atoms with Crippen molar-refractivity contribution in [1.29, 1.82) is 0 Å². The van der Waals surface area contributed by atoms with Gasteiger partial charge in [0, 0.05) is 22.6 Å². The molecule has 0 radical (unpaired) electrons. The first-order valence-electron chi connectivity index (χ1n) is 13.2. The molecule has 1 aromatic carbocycles. The molecule has 0 saturated carbocycles. The highest BCUT2D eigenvalue weighted by Gasteiger charge is 2.46. The molecule has 3 N–H and O–H groups in total. The van der Waals surface area contributed by atoms with Crippen molar-refractivity contribution in [2.45, 2.75) is 70.7 Å². The number of likely N-dealkylation sites (N-methyl/N-ethyl adjacent to an activating group) is 1. The van der Waals surface area contributed by atoms with E-state index < -0.39 is 17.6 Å². The fraction of sp³-hybridized carbons (Fsp3) is 0.414. The third kappa shape index (κ3) is 3.47. The average Bonchev–Trinajstić information content (AvgIpc) is 3.28. The normalized spacial score (nSPS) is 22.3. The van der Waals surface area contributed by atoms with Crippen LogP contribution in [0.5, 0.6) is 0 Å². The van der Waals surface area contributed by atoms with Gasteiger partial charge in [0.25, 0.3) is 5.56 Å².